The lowest BCUT2D eigenvalue weighted by atomic mass is 10.0. The zero-order chi connectivity index (χ0) is 41.5. The minimum atomic E-state index is -4.96. The minimum Gasteiger partial charge on any atom is -0.395 e. The second-order valence-corrected chi connectivity index (χ2v) is 2.94. The van der Waals surface area contributed by atoms with Crippen molar-refractivity contribution in [2.45, 2.75) is 95.6 Å². The first-order valence-electron chi connectivity index (χ1n) is 20.0. The first-order valence-corrected chi connectivity index (χ1v) is 5.57. The quantitative estimate of drug-likeness (QED) is 0.376. The molecule has 0 rings (SSSR count). The van der Waals surface area contributed by atoms with Crippen molar-refractivity contribution in [3.05, 3.63) is 12.1 Å². The summed E-state index contributed by atoms with van der Waals surface area (Å²) in [6.45, 7) is -3.16. The third-order valence-electron chi connectivity index (χ3n) is 1.45. The highest BCUT2D eigenvalue weighted by atomic mass is 16.3. The average Bonchev–Trinajstić information content (AvgIpc) is 2.93. The third-order valence-corrected chi connectivity index (χ3v) is 1.45. The van der Waals surface area contributed by atoms with E-state index in [-0.39, 0.29) is 0 Å². The Bertz CT molecular complexity index is 1270. The average molecular weight is 329 g/mol. The molecule has 0 aromatic heterocycles. The van der Waals surface area contributed by atoms with Crippen LogP contribution in [0.25, 0.3) is 0 Å². The van der Waals surface area contributed by atoms with Crippen molar-refractivity contribution in [2.75, 3.05) is 6.56 Å². The summed E-state index contributed by atoms with van der Waals surface area (Å²) in [6, 6.07) is -9.25. The Balaban J connectivity index is 7.67. The molecule has 0 aromatic rings. The molecule has 0 radical (unpaired) electrons. The number of nitrogens with two attached hydrogens (primary N) is 1. The van der Waals surface area contributed by atoms with E-state index in [1.165, 1.54) is 0 Å². The largest absolute Gasteiger partial charge is 0.395 e. The molecule has 3 atom stereocenters. The molecular weight excluding hydrogens is 262 g/mol. The summed E-state index contributed by atoms with van der Waals surface area (Å²) in [7, 11) is 0. The predicted octanol–water partition coefficient (Wildman–Crippen LogP) is 3.92. The van der Waals surface area contributed by atoms with Gasteiger partial charge >= 0.3 is 0 Å². The fraction of sp³-hybridized carbons (Fsp3) is 0.889. The van der Waals surface area contributed by atoms with Crippen LogP contribution in [0.3, 0.4) is 0 Å². The highest BCUT2D eigenvalue weighted by Crippen LogP contribution is 2.12. The number of allylic oxidation sites excluding steroid dienone is 1. The van der Waals surface area contributed by atoms with Crippen molar-refractivity contribution in [3.63, 3.8) is 0 Å². The molecule has 0 aliphatic heterocycles. The lowest BCUT2D eigenvalue weighted by molar-refractivity contribution is 0.144. The van der Waals surface area contributed by atoms with Crippen molar-refractivity contribution in [1.82, 2.24) is 0 Å². The van der Waals surface area contributed by atoms with Gasteiger partial charge in [-0.3, -0.25) is 0 Å². The summed E-state index contributed by atoms with van der Waals surface area (Å²) in [5, 5.41) is 20.1. The van der Waals surface area contributed by atoms with Crippen molar-refractivity contribution in [1.29, 1.82) is 0 Å². The summed E-state index contributed by atoms with van der Waals surface area (Å²) in [4.78, 5) is 0. The van der Waals surface area contributed by atoms with Crippen LogP contribution in [0.4, 0.5) is 0 Å². The van der Waals surface area contributed by atoms with Gasteiger partial charge in [-0.15, -0.1) is 0 Å². The Morgan fingerprint density at radius 2 is 1.71 bits per heavy atom. The Morgan fingerprint density at radius 1 is 1.14 bits per heavy atom. The van der Waals surface area contributed by atoms with Crippen LogP contribution in [0.5, 0.6) is 0 Å². The van der Waals surface area contributed by atoms with E-state index in [0.717, 1.165) is 6.92 Å². The summed E-state index contributed by atoms with van der Waals surface area (Å²) >= 11 is 0. The van der Waals surface area contributed by atoms with Crippen LogP contribution in [0.15, 0.2) is 12.1 Å². The maximum absolute atomic E-state index is 10.5. The van der Waals surface area contributed by atoms with Gasteiger partial charge in [0, 0.05) is 28.8 Å². The van der Waals surface area contributed by atoms with Crippen LogP contribution in [0.2, 0.25) is 2.82 Å². The Labute approximate surface area is 172 Å². The van der Waals surface area contributed by atoms with Crippen LogP contribution in [-0.2, 0) is 0 Å². The van der Waals surface area contributed by atoms with E-state index in [4.69, 9.17) is 39.8 Å². The van der Waals surface area contributed by atoms with Gasteiger partial charge < -0.3 is 15.9 Å². The van der Waals surface area contributed by atoms with E-state index < -0.39 is 113 Å². The van der Waals surface area contributed by atoms with Crippen LogP contribution in [-0.4, -0.2) is 28.9 Å². The van der Waals surface area contributed by atoms with Gasteiger partial charge in [0.05, 0.1) is 26.9 Å². The van der Waals surface area contributed by atoms with Crippen molar-refractivity contribution < 1.29 is 50.0 Å². The van der Waals surface area contributed by atoms with Crippen LogP contribution >= 0.6 is 0 Å². The zero-order valence-corrected chi connectivity index (χ0v) is 11.1. The second-order valence-electron chi connectivity index (χ2n) is 2.94. The number of aliphatic hydroxyl groups is 2. The van der Waals surface area contributed by atoms with Gasteiger partial charge in [0.25, 0.3) is 0 Å². The fourth-order valence-corrected chi connectivity index (χ4v) is 0.642. The van der Waals surface area contributed by atoms with E-state index in [1.54, 1.807) is 0 Å². The van der Waals surface area contributed by atoms with E-state index in [9.17, 15) is 10.2 Å². The molecule has 0 heterocycles. The van der Waals surface area contributed by atoms with Crippen molar-refractivity contribution >= 4 is 0 Å². The maximum Gasteiger partial charge on any atom is 0.119 e. The van der Waals surface area contributed by atoms with Crippen molar-refractivity contribution in [2.24, 2.45) is 5.72 Å². The lowest BCUT2D eigenvalue weighted by Crippen LogP contribution is -2.36. The molecule has 0 amide bonds. The Hall–Kier alpha value is -0.380. The van der Waals surface area contributed by atoms with E-state index in [1.807, 2.05) is 0 Å². The molecule has 0 aliphatic rings. The highest BCUT2D eigenvalue weighted by molar-refractivity contribution is 4.93. The molecule has 4 N–H and O–H groups in total. The first-order chi connectivity index (χ1) is 21.2. The number of hydrogen-bond acceptors (Lipinski definition) is 3. The molecular formula is C18H37NO2. The van der Waals surface area contributed by atoms with Gasteiger partial charge in [0.1, 0.15) is 2.82 Å². The second kappa shape index (κ2) is 16.0. The molecule has 126 valence electrons. The molecule has 3 nitrogen and oxygen atoms in total. The third kappa shape index (κ3) is 14.3. The summed E-state index contributed by atoms with van der Waals surface area (Å²) in [5.74, 6) is 0. The molecule has 0 spiro atoms. The van der Waals surface area contributed by atoms with E-state index in [2.05, 4.69) is 0 Å². The summed E-state index contributed by atoms with van der Waals surface area (Å²) in [5.41, 5.74) is -1.19. The number of hydrogen-bond donors (Lipinski definition) is 3. The Morgan fingerprint density at radius 3 is 2.24 bits per heavy atom. The standard InChI is InChI=1S/C18H37NO2/c1-2-3-4-5-6-7-8-9-10-11-12-13-14-15-18(21)17(19)16-20/h14-15,17-18,20-21H,2-13,16,19H2,1H3/b15-14+/t17-,18+/m0/s1/i3D,4D2,5D2,6D2,7D2,8D2,9D2,10D2,11D2,12D2,13D2,14D,15D,16D2,17D,18D/hD2/t3?,17-,18+. The number of rotatable bonds is 16. The molecule has 0 saturated heterocycles. The van der Waals surface area contributed by atoms with E-state index in [0.29, 0.717) is 0 Å². The normalized spacial score (nSPS) is 48.1. The monoisotopic (exact) mass is 328 g/mol. The maximum atomic E-state index is 10.5. The Kier molecular flexibility index (Phi) is 2.56. The van der Waals surface area contributed by atoms with Gasteiger partial charge in [-0.2, -0.15) is 0 Å². The zero-order valence-electron chi connectivity index (χ0n) is 40.1. The van der Waals surface area contributed by atoms with Gasteiger partial charge in [0.15, 0.2) is 0 Å². The summed E-state index contributed by atoms with van der Waals surface area (Å²) in [6.07, 6.45) is -53.5. The van der Waals surface area contributed by atoms with Gasteiger partial charge in [-0.05, 0) is 12.7 Å². The van der Waals surface area contributed by atoms with E-state index >= 15 is 0 Å². The van der Waals surface area contributed by atoms with Crippen LogP contribution in [0.1, 0.15) is 120 Å². The van der Waals surface area contributed by atoms with Gasteiger partial charge in [-0.1, -0.05) is 82.8 Å². The predicted molar refractivity (Wildman–Crippen MR) is 91.3 cm³/mol. The van der Waals surface area contributed by atoms with Crippen LogP contribution in [0, 0.1) is 0 Å². The molecule has 0 aromatic carbocycles. The molecule has 0 saturated carbocycles. The first kappa shape index (κ1) is 3.36. The van der Waals surface area contributed by atoms with Gasteiger partial charge in [0.2, 0.25) is 0 Å². The lowest BCUT2D eigenvalue weighted by Gasteiger charge is -2.11. The summed E-state index contributed by atoms with van der Waals surface area (Å²) < 4.78 is 230. The van der Waals surface area contributed by atoms with Crippen LogP contribution < -0.4 is 5.72 Å². The topological polar surface area (TPSA) is 66.5 Å². The molecule has 0 bridgehead atoms. The molecule has 0 fully saturated rings. The molecule has 0 aliphatic carbocycles. The molecule has 1 unspecified atom stereocenters. The van der Waals surface area contributed by atoms with Crippen molar-refractivity contribution in [3.8, 4) is 0 Å². The van der Waals surface area contributed by atoms with Gasteiger partial charge in [-0.25, -0.2) is 0 Å². The minimum absolute atomic E-state index is 0.496. The molecule has 21 heavy (non-hydrogen) atoms. The highest BCUT2D eigenvalue weighted by Gasteiger charge is 2.08. The smallest absolute Gasteiger partial charge is 0.119 e. The fourth-order valence-electron chi connectivity index (χ4n) is 0.642. The molecule has 3 heteroatoms. The SMILES string of the molecule is [2H]/C(=C(/[2H])[C@@]([2H])(O)[C@@]([2H])(N([2H])[2H])C([2H])([2H])O)C([2H])([2H])C([2H])([2H])C([2H])([2H])C([2H])([2H])C([2H])([2H])C([2H])([2H])C([2H])([2H])C([2H])([2H])C([2H])([2H])C([2H])([2H])C([2H])CC.